The Labute approximate surface area is 73.4 Å². The predicted molar refractivity (Wildman–Crippen MR) is 49.1 cm³/mol. The summed E-state index contributed by atoms with van der Waals surface area (Å²) in [6, 6.07) is 0. The molecule has 1 N–H and O–H groups in total. The molecule has 0 radical (unpaired) electrons. The predicted octanol–water partition coefficient (Wildman–Crippen LogP) is 2.05. The highest BCUT2D eigenvalue weighted by molar-refractivity contribution is 7.80. The van der Waals surface area contributed by atoms with Gasteiger partial charge in [-0.15, -0.1) is 0 Å². The van der Waals surface area contributed by atoms with Crippen LogP contribution in [0, 0.1) is 11.8 Å². The molecular formula is C8H16O2S. The van der Waals surface area contributed by atoms with E-state index in [1.54, 1.807) is 0 Å². The number of carboxylic acid groups (broad SMARTS) is 1. The highest BCUT2D eigenvalue weighted by Crippen LogP contribution is 2.19. The molecule has 11 heavy (non-hydrogen) atoms. The summed E-state index contributed by atoms with van der Waals surface area (Å²) in [6.07, 6.45) is 1.17. The highest BCUT2D eigenvalue weighted by Gasteiger charge is 2.15. The van der Waals surface area contributed by atoms with E-state index >= 15 is 0 Å². The van der Waals surface area contributed by atoms with Crippen molar-refractivity contribution in [3.05, 3.63) is 0 Å². The molecule has 1 unspecified atom stereocenters. The fraction of sp³-hybridized carbons (Fsp3) is 0.875. The van der Waals surface area contributed by atoms with E-state index in [1.165, 1.54) is 0 Å². The SMILES string of the molecule is CC(C)C(CCS)CC(=O)O. The summed E-state index contributed by atoms with van der Waals surface area (Å²) in [7, 11) is 0. The first-order valence-corrected chi connectivity index (χ1v) is 4.53. The van der Waals surface area contributed by atoms with Gasteiger partial charge in [-0.3, -0.25) is 4.79 Å². The van der Waals surface area contributed by atoms with Crippen molar-refractivity contribution in [1.82, 2.24) is 0 Å². The molecule has 0 fully saturated rings. The first-order chi connectivity index (χ1) is 5.07. The normalized spacial score (nSPS) is 13.5. The van der Waals surface area contributed by atoms with Gasteiger partial charge in [-0.2, -0.15) is 12.6 Å². The van der Waals surface area contributed by atoms with Gasteiger partial charge in [-0.25, -0.2) is 0 Å². The van der Waals surface area contributed by atoms with E-state index in [9.17, 15) is 4.79 Å². The van der Waals surface area contributed by atoms with Gasteiger partial charge < -0.3 is 5.11 Å². The van der Waals surface area contributed by atoms with Crippen molar-refractivity contribution in [2.75, 3.05) is 5.75 Å². The van der Waals surface area contributed by atoms with Crippen LogP contribution in [0.15, 0.2) is 0 Å². The summed E-state index contributed by atoms with van der Waals surface area (Å²) in [6.45, 7) is 4.11. The summed E-state index contributed by atoms with van der Waals surface area (Å²) in [5.41, 5.74) is 0. The van der Waals surface area contributed by atoms with Gasteiger partial charge in [0.25, 0.3) is 0 Å². The fourth-order valence-electron chi connectivity index (χ4n) is 1.06. The monoisotopic (exact) mass is 176 g/mol. The van der Waals surface area contributed by atoms with Crippen LogP contribution in [0.3, 0.4) is 0 Å². The molecule has 0 aromatic carbocycles. The second-order valence-electron chi connectivity index (χ2n) is 3.11. The molecule has 0 rings (SSSR count). The van der Waals surface area contributed by atoms with Gasteiger partial charge in [0.2, 0.25) is 0 Å². The lowest BCUT2D eigenvalue weighted by Gasteiger charge is -2.16. The summed E-state index contributed by atoms with van der Waals surface area (Å²) < 4.78 is 0. The standard InChI is InChI=1S/C8H16O2S/c1-6(2)7(3-4-11)5-8(9)10/h6-7,11H,3-5H2,1-2H3,(H,9,10). The van der Waals surface area contributed by atoms with Crippen LogP contribution < -0.4 is 0 Å². The Morgan fingerprint density at radius 3 is 2.36 bits per heavy atom. The van der Waals surface area contributed by atoms with Crippen molar-refractivity contribution in [1.29, 1.82) is 0 Å². The Balaban J connectivity index is 3.79. The van der Waals surface area contributed by atoms with Crippen molar-refractivity contribution in [2.24, 2.45) is 11.8 Å². The average molecular weight is 176 g/mol. The second-order valence-corrected chi connectivity index (χ2v) is 3.56. The van der Waals surface area contributed by atoms with Crippen molar-refractivity contribution in [3.8, 4) is 0 Å². The van der Waals surface area contributed by atoms with Gasteiger partial charge in [0.15, 0.2) is 0 Å². The fourth-order valence-corrected chi connectivity index (χ4v) is 1.39. The van der Waals surface area contributed by atoms with Crippen LogP contribution in [-0.2, 0) is 4.79 Å². The third-order valence-corrected chi connectivity index (χ3v) is 2.14. The van der Waals surface area contributed by atoms with Gasteiger partial charge in [0.05, 0.1) is 0 Å². The molecule has 0 aliphatic carbocycles. The molecule has 1 atom stereocenters. The van der Waals surface area contributed by atoms with E-state index in [-0.39, 0.29) is 12.3 Å². The van der Waals surface area contributed by atoms with E-state index in [2.05, 4.69) is 26.5 Å². The lowest BCUT2D eigenvalue weighted by atomic mass is 9.90. The summed E-state index contributed by atoms with van der Waals surface area (Å²) in [5, 5.41) is 8.53. The minimum atomic E-state index is -0.703. The first-order valence-electron chi connectivity index (χ1n) is 3.90. The molecule has 0 aliphatic heterocycles. The number of carboxylic acids is 1. The second kappa shape index (κ2) is 5.47. The molecule has 3 heteroatoms. The lowest BCUT2D eigenvalue weighted by Crippen LogP contribution is -2.14. The van der Waals surface area contributed by atoms with Crippen LogP contribution in [0.1, 0.15) is 26.7 Å². The summed E-state index contributed by atoms with van der Waals surface area (Å²) in [5.74, 6) is 0.796. The number of rotatable bonds is 5. The molecule has 0 aliphatic rings. The van der Waals surface area contributed by atoms with E-state index in [1.807, 2.05) is 0 Å². The molecular weight excluding hydrogens is 160 g/mol. The summed E-state index contributed by atoms with van der Waals surface area (Å²) in [4.78, 5) is 10.4. The molecule has 0 amide bonds. The Morgan fingerprint density at radius 1 is 1.55 bits per heavy atom. The van der Waals surface area contributed by atoms with Gasteiger partial charge in [-0.1, -0.05) is 13.8 Å². The quantitative estimate of drug-likeness (QED) is 0.629. The zero-order valence-electron chi connectivity index (χ0n) is 7.08. The van der Waals surface area contributed by atoms with Crippen LogP contribution >= 0.6 is 12.6 Å². The maximum Gasteiger partial charge on any atom is 0.303 e. The van der Waals surface area contributed by atoms with E-state index in [0.717, 1.165) is 12.2 Å². The van der Waals surface area contributed by atoms with Crippen LogP contribution in [-0.4, -0.2) is 16.8 Å². The smallest absolute Gasteiger partial charge is 0.303 e. The molecule has 66 valence electrons. The van der Waals surface area contributed by atoms with E-state index < -0.39 is 5.97 Å². The van der Waals surface area contributed by atoms with Crippen LogP contribution in [0.4, 0.5) is 0 Å². The Bertz CT molecular complexity index is 123. The van der Waals surface area contributed by atoms with E-state index in [4.69, 9.17) is 5.11 Å². The third-order valence-electron chi connectivity index (χ3n) is 1.88. The van der Waals surface area contributed by atoms with Crippen LogP contribution in [0.25, 0.3) is 0 Å². The molecule has 0 heterocycles. The van der Waals surface area contributed by atoms with Crippen LogP contribution in [0.2, 0.25) is 0 Å². The van der Waals surface area contributed by atoms with Gasteiger partial charge in [0.1, 0.15) is 0 Å². The number of hydrogen-bond donors (Lipinski definition) is 2. The summed E-state index contributed by atoms with van der Waals surface area (Å²) >= 11 is 4.08. The maximum atomic E-state index is 10.4. The maximum absolute atomic E-state index is 10.4. The van der Waals surface area contributed by atoms with Gasteiger partial charge >= 0.3 is 5.97 Å². The number of aliphatic carboxylic acids is 1. The molecule has 0 saturated carbocycles. The molecule has 0 bridgehead atoms. The number of thiol groups is 1. The minimum Gasteiger partial charge on any atom is -0.481 e. The van der Waals surface area contributed by atoms with Crippen molar-refractivity contribution in [3.63, 3.8) is 0 Å². The zero-order valence-corrected chi connectivity index (χ0v) is 7.97. The Hall–Kier alpha value is -0.180. The van der Waals surface area contributed by atoms with Gasteiger partial charge in [-0.05, 0) is 24.0 Å². The topological polar surface area (TPSA) is 37.3 Å². The highest BCUT2D eigenvalue weighted by atomic mass is 32.1. The Kier molecular flexibility index (Phi) is 5.38. The van der Waals surface area contributed by atoms with E-state index in [0.29, 0.717) is 5.92 Å². The van der Waals surface area contributed by atoms with Crippen LogP contribution in [0.5, 0.6) is 0 Å². The largest absolute Gasteiger partial charge is 0.481 e. The third kappa shape index (κ3) is 5.13. The van der Waals surface area contributed by atoms with Crippen molar-refractivity contribution in [2.45, 2.75) is 26.7 Å². The first kappa shape index (κ1) is 10.8. The zero-order chi connectivity index (χ0) is 8.85. The van der Waals surface area contributed by atoms with Crippen molar-refractivity contribution < 1.29 is 9.90 Å². The molecule has 0 aromatic rings. The average Bonchev–Trinajstić information content (AvgIpc) is 1.86. The molecule has 2 nitrogen and oxygen atoms in total. The number of hydrogen-bond acceptors (Lipinski definition) is 2. The molecule has 0 aromatic heterocycles. The lowest BCUT2D eigenvalue weighted by molar-refractivity contribution is -0.138. The Morgan fingerprint density at radius 2 is 2.09 bits per heavy atom. The molecule has 0 saturated heterocycles. The van der Waals surface area contributed by atoms with Crippen molar-refractivity contribution >= 4 is 18.6 Å². The number of carbonyl (C=O) groups is 1. The minimum absolute atomic E-state index is 0.276. The van der Waals surface area contributed by atoms with Gasteiger partial charge in [0, 0.05) is 6.42 Å². The molecule has 0 spiro atoms.